The maximum absolute atomic E-state index is 15.1. The Balaban J connectivity index is 1.57. The summed E-state index contributed by atoms with van der Waals surface area (Å²) in [5, 5.41) is 7.02. The lowest BCUT2D eigenvalue weighted by Gasteiger charge is -2.23. The van der Waals surface area contributed by atoms with Crippen molar-refractivity contribution < 1.29 is 27.8 Å². The number of aromatic nitrogens is 2. The lowest BCUT2D eigenvalue weighted by Crippen LogP contribution is -2.24. The molecule has 35 heavy (non-hydrogen) atoms. The van der Waals surface area contributed by atoms with Gasteiger partial charge in [0.1, 0.15) is 34.5 Å². The number of hydrogen-bond acceptors (Lipinski definition) is 6. The van der Waals surface area contributed by atoms with E-state index in [0.717, 1.165) is 18.9 Å². The van der Waals surface area contributed by atoms with Gasteiger partial charge in [0.25, 0.3) is 11.8 Å². The topological polar surface area (TPSA) is 134 Å². The maximum atomic E-state index is 15.1. The molecule has 1 saturated heterocycles. The van der Waals surface area contributed by atoms with E-state index < -0.39 is 23.4 Å². The fraction of sp³-hybridized carbons (Fsp3) is 0.292. The smallest absolute Gasteiger partial charge is 0.255 e. The molecule has 2 amide bonds. The number of nitrogen functional groups attached to an aromatic ring is 1. The molecular formula is C24H25F2N5O4. The predicted molar refractivity (Wildman–Crippen MR) is 124 cm³/mol. The number of amides is 2. The van der Waals surface area contributed by atoms with E-state index in [1.165, 1.54) is 36.1 Å². The second kappa shape index (κ2) is 10.1. The Hall–Kier alpha value is -3.99. The van der Waals surface area contributed by atoms with Gasteiger partial charge in [-0.25, -0.2) is 13.5 Å². The van der Waals surface area contributed by atoms with E-state index in [9.17, 15) is 14.0 Å². The summed E-state index contributed by atoms with van der Waals surface area (Å²) >= 11 is 0. The molecule has 5 N–H and O–H groups in total. The van der Waals surface area contributed by atoms with Gasteiger partial charge in [-0.05, 0) is 48.7 Å². The van der Waals surface area contributed by atoms with Crippen molar-refractivity contribution in [3.63, 3.8) is 0 Å². The van der Waals surface area contributed by atoms with Crippen molar-refractivity contribution in [3.05, 3.63) is 64.7 Å². The van der Waals surface area contributed by atoms with Crippen LogP contribution in [0.25, 0.3) is 11.3 Å². The number of carbonyl (C=O) groups excluding carboxylic acids is 2. The summed E-state index contributed by atoms with van der Waals surface area (Å²) in [6.07, 6.45) is 1.56. The van der Waals surface area contributed by atoms with E-state index in [0.29, 0.717) is 18.8 Å². The van der Waals surface area contributed by atoms with Crippen LogP contribution in [0.5, 0.6) is 5.75 Å². The Kier molecular flexibility index (Phi) is 6.97. The first-order valence-electron chi connectivity index (χ1n) is 11.0. The molecule has 1 atom stereocenters. The van der Waals surface area contributed by atoms with Crippen LogP contribution in [-0.4, -0.2) is 41.9 Å². The summed E-state index contributed by atoms with van der Waals surface area (Å²) < 4.78 is 40.7. The predicted octanol–water partition coefficient (Wildman–Crippen LogP) is 2.80. The Morgan fingerprint density at radius 3 is 2.71 bits per heavy atom. The summed E-state index contributed by atoms with van der Waals surface area (Å²) in [6, 6.07) is 7.62. The summed E-state index contributed by atoms with van der Waals surface area (Å²) in [5.74, 6) is -2.39. The Bertz CT molecular complexity index is 1270. The van der Waals surface area contributed by atoms with Crippen molar-refractivity contribution in [2.24, 2.45) is 5.73 Å². The minimum Gasteiger partial charge on any atom is -0.496 e. The van der Waals surface area contributed by atoms with Crippen LogP contribution in [-0.2, 0) is 11.3 Å². The van der Waals surface area contributed by atoms with Crippen LogP contribution < -0.4 is 21.5 Å². The van der Waals surface area contributed by atoms with Crippen LogP contribution in [0.2, 0.25) is 0 Å². The number of benzene rings is 2. The summed E-state index contributed by atoms with van der Waals surface area (Å²) in [7, 11) is 1.37. The largest absolute Gasteiger partial charge is 0.496 e. The molecule has 0 radical (unpaired) electrons. The Morgan fingerprint density at radius 2 is 2.06 bits per heavy atom. The molecule has 1 aliphatic heterocycles. The highest BCUT2D eigenvalue weighted by atomic mass is 19.1. The van der Waals surface area contributed by atoms with Gasteiger partial charge in [-0.3, -0.25) is 9.59 Å². The van der Waals surface area contributed by atoms with E-state index in [1.54, 1.807) is 6.07 Å². The molecule has 1 unspecified atom stereocenters. The lowest BCUT2D eigenvalue weighted by atomic mass is 10.0. The van der Waals surface area contributed by atoms with Gasteiger partial charge >= 0.3 is 0 Å². The van der Waals surface area contributed by atoms with Crippen molar-refractivity contribution in [1.82, 2.24) is 15.1 Å². The maximum Gasteiger partial charge on any atom is 0.255 e. The normalized spacial score (nSPS) is 15.6. The van der Waals surface area contributed by atoms with Crippen molar-refractivity contribution in [1.29, 1.82) is 0 Å². The van der Waals surface area contributed by atoms with Gasteiger partial charge in [-0.15, -0.1) is 0 Å². The number of nitrogens with one attached hydrogen (secondary N) is 1. The number of primary amides is 1. The third-order valence-electron chi connectivity index (χ3n) is 5.82. The first kappa shape index (κ1) is 24.1. The molecule has 0 spiro atoms. The summed E-state index contributed by atoms with van der Waals surface area (Å²) in [4.78, 5) is 24.6. The van der Waals surface area contributed by atoms with Crippen LogP contribution in [0.3, 0.4) is 0 Å². The Labute approximate surface area is 200 Å². The molecule has 2 heterocycles. The first-order valence-corrected chi connectivity index (χ1v) is 11.0. The highest BCUT2D eigenvalue weighted by molar-refractivity contribution is 6.03. The molecule has 4 rings (SSSR count). The van der Waals surface area contributed by atoms with Gasteiger partial charge in [-0.1, -0.05) is 6.07 Å². The second-order valence-electron chi connectivity index (χ2n) is 8.13. The molecule has 1 aliphatic rings. The molecule has 9 nitrogen and oxygen atoms in total. The summed E-state index contributed by atoms with van der Waals surface area (Å²) in [5.41, 5.74) is 12.2. The van der Waals surface area contributed by atoms with Crippen LogP contribution in [0.15, 0.2) is 36.4 Å². The number of methoxy groups -OCH3 is 1. The van der Waals surface area contributed by atoms with E-state index in [4.69, 9.17) is 20.9 Å². The standard InChI is InChI=1S/C24H25F2N5O4/c1-34-19-7-5-14(25)10-17(19)24(33)29-11-13-4-6-16(18(26)9-13)21-20(23(28)32)22(27)31(30-21)15-3-2-8-35-12-15/h4-7,9-10,15H,2-3,8,11-12,27H2,1H3,(H2,28,32)(H,29,33). The monoisotopic (exact) mass is 485 g/mol. The molecule has 11 heteroatoms. The second-order valence-corrected chi connectivity index (χ2v) is 8.13. The highest BCUT2D eigenvalue weighted by Crippen LogP contribution is 2.33. The molecular weight excluding hydrogens is 460 g/mol. The minimum atomic E-state index is -0.819. The lowest BCUT2D eigenvalue weighted by molar-refractivity contribution is 0.0558. The molecule has 0 saturated carbocycles. The average molecular weight is 485 g/mol. The molecule has 3 aromatic rings. The quantitative estimate of drug-likeness (QED) is 0.471. The number of halogens is 2. The number of ether oxygens (including phenoxy) is 2. The van der Waals surface area contributed by atoms with Gasteiger partial charge in [0, 0.05) is 18.7 Å². The van der Waals surface area contributed by atoms with Gasteiger partial charge in [-0.2, -0.15) is 5.10 Å². The fourth-order valence-corrected chi connectivity index (χ4v) is 4.07. The van der Waals surface area contributed by atoms with Crippen LogP contribution in [0.4, 0.5) is 14.6 Å². The van der Waals surface area contributed by atoms with Crippen molar-refractivity contribution in [3.8, 4) is 17.0 Å². The number of nitrogens with zero attached hydrogens (tertiary/aromatic N) is 2. The van der Waals surface area contributed by atoms with Gasteiger partial charge in [0.05, 0.1) is 25.3 Å². The van der Waals surface area contributed by atoms with Crippen molar-refractivity contribution >= 4 is 17.6 Å². The Morgan fingerprint density at radius 1 is 1.26 bits per heavy atom. The number of nitrogens with two attached hydrogens (primary N) is 2. The first-order chi connectivity index (χ1) is 16.8. The third-order valence-corrected chi connectivity index (χ3v) is 5.82. The molecule has 0 aliphatic carbocycles. The van der Waals surface area contributed by atoms with Gasteiger partial charge in [0.2, 0.25) is 0 Å². The molecule has 184 valence electrons. The van der Waals surface area contributed by atoms with Gasteiger partial charge in [0.15, 0.2) is 0 Å². The number of rotatable bonds is 7. The number of anilines is 1. The third kappa shape index (κ3) is 4.94. The number of carbonyl (C=O) groups is 2. The van der Waals surface area contributed by atoms with E-state index >= 15 is 4.39 Å². The molecule has 1 fully saturated rings. The zero-order valence-electron chi connectivity index (χ0n) is 19.0. The number of hydrogen-bond donors (Lipinski definition) is 3. The van der Waals surface area contributed by atoms with Crippen LogP contribution in [0, 0.1) is 11.6 Å². The van der Waals surface area contributed by atoms with Crippen LogP contribution in [0.1, 0.15) is 45.2 Å². The van der Waals surface area contributed by atoms with Crippen molar-refractivity contribution in [2.45, 2.75) is 25.4 Å². The SMILES string of the molecule is COc1ccc(F)cc1C(=O)NCc1ccc(-c2nn(C3CCCOC3)c(N)c2C(N)=O)c(F)c1. The molecule has 2 aromatic carbocycles. The fourth-order valence-electron chi connectivity index (χ4n) is 4.07. The van der Waals surface area contributed by atoms with Crippen LogP contribution >= 0.6 is 0 Å². The van der Waals surface area contributed by atoms with Gasteiger partial charge < -0.3 is 26.3 Å². The van der Waals surface area contributed by atoms with Crippen molar-refractivity contribution in [2.75, 3.05) is 26.1 Å². The molecule has 1 aromatic heterocycles. The highest BCUT2D eigenvalue weighted by Gasteiger charge is 2.28. The zero-order chi connectivity index (χ0) is 25.1. The molecule has 0 bridgehead atoms. The zero-order valence-corrected chi connectivity index (χ0v) is 19.0. The average Bonchev–Trinajstić information content (AvgIpc) is 3.20. The van der Waals surface area contributed by atoms with E-state index in [-0.39, 0.29) is 46.5 Å². The summed E-state index contributed by atoms with van der Waals surface area (Å²) in [6.45, 7) is 0.973. The van der Waals surface area contributed by atoms with E-state index in [2.05, 4.69) is 10.4 Å². The van der Waals surface area contributed by atoms with E-state index in [1.807, 2.05) is 0 Å². The minimum absolute atomic E-state index is 0.0170.